The Morgan fingerprint density at radius 3 is 1.91 bits per heavy atom. The second kappa shape index (κ2) is 22.1. The molecule has 8 atom stereocenters. The van der Waals surface area contributed by atoms with Crippen LogP contribution in [-0.2, 0) is 28.7 Å². The summed E-state index contributed by atoms with van der Waals surface area (Å²) in [5, 5.41) is 16.5. The highest BCUT2D eigenvalue weighted by Crippen LogP contribution is 2.32. The fourth-order valence-corrected chi connectivity index (χ4v) is 6.73. The molecule has 0 spiro atoms. The number of rotatable bonds is 25. The van der Waals surface area contributed by atoms with E-state index >= 15 is 0 Å². The van der Waals surface area contributed by atoms with Crippen LogP contribution in [-0.4, -0.2) is 83.5 Å². The third kappa shape index (κ3) is 14.3. The summed E-state index contributed by atoms with van der Waals surface area (Å²) in [5.41, 5.74) is 13.7. The van der Waals surface area contributed by atoms with E-state index in [2.05, 4.69) is 24.5 Å². The number of carbonyl (C=O) groups excluding carboxylic acids is 6. The van der Waals surface area contributed by atoms with E-state index in [0.717, 1.165) is 17.5 Å². The van der Waals surface area contributed by atoms with Crippen LogP contribution < -0.4 is 22.1 Å². The maximum absolute atomic E-state index is 13.5. The Bertz CT molecular complexity index is 1610. The molecule has 0 saturated carbocycles. The quantitative estimate of drug-likeness (QED) is 0.0537. The van der Waals surface area contributed by atoms with Gasteiger partial charge in [0.15, 0.2) is 23.1 Å². The number of halogens is 1. The van der Waals surface area contributed by atoms with Gasteiger partial charge in [0.2, 0.25) is 11.8 Å². The van der Waals surface area contributed by atoms with Gasteiger partial charge < -0.3 is 31.9 Å². The van der Waals surface area contributed by atoms with E-state index < -0.39 is 59.6 Å². The number of aliphatic hydroxyl groups is 1. The number of unbranched alkanes of at least 4 members (excludes halogenated alkanes) is 1. The minimum atomic E-state index is -1.35. The molecule has 0 bridgehead atoms. The number of epoxide rings is 1. The van der Waals surface area contributed by atoms with Crippen LogP contribution in [0.3, 0.4) is 0 Å². The molecule has 0 aromatic heterocycles. The molecule has 0 aliphatic carbocycles. The second-order valence-corrected chi connectivity index (χ2v) is 15.8. The Labute approximate surface area is 329 Å². The highest BCUT2D eigenvalue weighted by Gasteiger charge is 2.46. The van der Waals surface area contributed by atoms with E-state index in [0.29, 0.717) is 42.3 Å². The lowest BCUT2D eigenvalue weighted by atomic mass is 9.90. The van der Waals surface area contributed by atoms with E-state index in [-0.39, 0.29) is 55.7 Å². The number of ketones is 4. The number of benzene rings is 2. The average Bonchev–Trinajstić information content (AvgIpc) is 3.90. The maximum Gasteiger partial charge on any atom is 0.224 e. The molecule has 1 aliphatic heterocycles. The third-order valence-electron chi connectivity index (χ3n) is 10.00. The molecule has 1 heterocycles. The molecule has 1 fully saturated rings. The van der Waals surface area contributed by atoms with Crippen molar-refractivity contribution in [3.63, 3.8) is 0 Å². The number of hydrogen-bond acceptors (Lipinski definition) is 10. The summed E-state index contributed by atoms with van der Waals surface area (Å²) in [7, 11) is 0. The molecular formula is C42H59ClN4O8. The van der Waals surface area contributed by atoms with Crippen molar-refractivity contribution in [3.05, 3.63) is 59.1 Å². The van der Waals surface area contributed by atoms with Gasteiger partial charge in [-0.2, -0.15) is 0 Å². The molecular weight excluding hydrogens is 724 g/mol. The fourth-order valence-electron chi connectivity index (χ4n) is 6.60. The van der Waals surface area contributed by atoms with Gasteiger partial charge >= 0.3 is 0 Å². The van der Waals surface area contributed by atoms with Gasteiger partial charge in [0, 0.05) is 47.6 Å². The van der Waals surface area contributed by atoms with Gasteiger partial charge in [0.25, 0.3) is 0 Å². The van der Waals surface area contributed by atoms with Crippen molar-refractivity contribution in [2.45, 2.75) is 116 Å². The Morgan fingerprint density at radius 2 is 1.35 bits per heavy atom. The smallest absolute Gasteiger partial charge is 0.224 e. The van der Waals surface area contributed by atoms with Crippen LogP contribution in [0.4, 0.5) is 0 Å². The van der Waals surface area contributed by atoms with Gasteiger partial charge in [-0.05, 0) is 81.3 Å². The van der Waals surface area contributed by atoms with Crippen LogP contribution in [0.2, 0.25) is 5.02 Å². The standard InChI is InChI=1S/C42H59ClN4O8/c1-24(2)20-37-40(55-37)39(52)25(3)21-35(50)33(8-6-7-18-44)46-41(53)26(4)22-36(51)38(27(5)48)47-42(54)31(17-19-45)23-34(49)30-11-9-28(10-12-30)29-13-15-32(43)16-14-29/h9-16,24-27,31,33,37-38,40,48H,6-8,17-23,44-45H2,1-5H3,(H,46,53)(H,47,54)/t25-,26-,27-,31-,33+,37?,38+,40?/m1/s1. The summed E-state index contributed by atoms with van der Waals surface area (Å²) in [5.74, 6) is -4.45. The molecule has 1 aliphatic rings. The molecule has 12 nitrogen and oxygen atoms in total. The number of nitrogens with two attached hydrogens (primary N) is 2. The van der Waals surface area contributed by atoms with E-state index in [4.69, 9.17) is 27.8 Å². The summed E-state index contributed by atoms with van der Waals surface area (Å²) in [6.45, 7) is 9.18. The molecule has 3 rings (SSSR count). The largest absolute Gasteiger partial charge is 0.391 e. The molecule has 2 aromatic rings. The summed E-state index contributed by atoms with van der Waals surface area (Å²) in [6.07, 6.45) is -0.0505. The number of carbonyl (C=O) groups is 6. The van der Waals surface area contributed by atoms with Crippen LogP contribution in [0.15, 0.2) is 48.5 Å². The first-order valence-electron chi connectivity index (χ1n) is 19.4. The highest BCUT2D eigenvalue weighted by atomic mass is 35.5. The minimum absolute atomic E-state index is 0.0642. The molecule has 2 unspecified atom stereocenters. The maximum atomic E-state index is 13.5. The molecule has 2 aromatic carbocycles. The Balaban J connectivity index is 1.60. The van der Waals surface area contributed by atoms with Crippen LogP contribution in [0, 0.1) is 23.7 Å². The number of ether oxygens (including phenoxy) is 1. The van der Waals surface area contributed by atoms with Gasteiger partial charge in [-0.1, -0.05) is 75.7 Å². The predicted molar refractivity (Wildman–Crippen MR) is 212 cm³/mol. The molecule has 7 N–H and O–H groups in total. The zero-order valence-corrected chi connectivity index (χ0v) is 33.5. The minimum Gasteiger partial charge on any atom is -0.391 e. The Kier molecular flexibility index (Phi) is 18.3. The highest BCUT2D eigenvalue weighted by molar-refractivity contribution is 6.30. The van der Waals surface area contributed by atoms with E-state index in [1.54, 1.807) is 43.3 Å². The zero-order valence-electron chi connectivity index (χ0n) is 32.7. The molecule has 302 valence electrons. The topological polar surface area (TPSA) is 211 Å². The lowest BCUT2D eigenvalue weighted by molar-refractivity contribution is -0.135. The summed E-state index contributed by atoms with van der Waals surface area (Å²) < 4.78 is 5.56. The van der Waals surface area contributed by atoms with Crippen LogP contribution in [0.1, 0.15) is 96.3 Å². The fraction of sp³-hybridized carbons (Fsp3) is 0.571. The van der Waals surface area contributed by atoms with Gasteiger partial charge in [0.1, 0.15) is 12.1 Å². The SMILES string of the molecule is CC(C)CC1OC1C(=O)[C@H](C)CC(=O)[C@H](CCCCN)NC(=O)[C@H](C)CC(=O)[C@@H](NC(=O)[C@H](CCN)CC(=O)c1ccc(-c2ccc(Cl)cc2)cc1)[C@@H](C)O. The Morgan fingerprint density at radius 1 is 0.745 bits per heavy atom. The monoisotopic (exact) mass is 782 g/mol. The molecule has 13 heteroatoms. The summed E-state index contributed by atoms with van der Waals surface area (Å²) in [4.78, 5) is 79.8. The number of amides is 2. The number of aliphatic hydroxyl groups excluding tert-OH is 1. The molecule has 1 saturated heterocycles. The van der Waals surface area contributed by atoms with Crippen molar-refractivity contribution in [2.24, 2.45) is 35.1 Å². The van der Waals surface area contributed by atoms with Gasteiger partial charge in [-0.25, -0.2) is 0 Å². The van der Waals surface area contributed by atoms with Gasteiger partial charge in [-0.3, -0.25) is 28.8 Å². The summed E-state index contributed by atoms with van der Waals surface area (Å²) >= 11 is 5.99. The van der Waals surface area contributed by atoms with Crippen molar-refractivity contribution in [2.75, 3.05) is 13.1 Å². The number of hydrogen-bond donors (Lipinski definition) is 5. The number of nitrogens with one attached hydrogen (secondary N) is 2. The van der Waals surface area contributed by atoms with Crippen molar-refractivity contribution >= 4 is 46.5 Å². The first-order valence-corrected chi connectivity index (χ1v) is 19.8. The van der Waals surface area contributed by atoms with Crippen molar-refractivity contribution < 1.29 is 38.6 Å². The van der Waals surface area contributed by atoms with E-state index in [1.165, 1.54) is 13.8 Å². The molecule has 0 radical (unpaired) electrons. The van der Waals surface area contributed by atoms with E-state index in [1.807, 2.05) is 12.1 Å². The zero-order chi connectivity index (χ0) is 40.8. The summed E-state index contributed by atoms with van der Waals surface area (Å²) in [6, 6.07) is 12.0. The van der Waals surface area contributed by atoms with Crippen molar-refractivity contribution in [3.8, 4) is 11.1 Å². The molecule has 2 amide bonds. The second-order valence-electron chi connectivity index (χ2n) is 15.3. The third-order valence-corrected chi connectivity index (χ3v) is 10.2. The lowest BCUT2D eigenvalue weighted by Crippen LogP contribution is -2.51. The van der Waals surface area contributed by atoms with Crippen LogP contribution in [0.5, 0.6) is 0 Å². The average molecular weight is 783 g/mol. The normalized spacial score (nSPS) is 18.4. The van der Waals surface area contributed by atoms with E-state index in [9.17, 15) is 33.9 Å². The van der Waals surface area contributed by atoms with Gasteiger partial charge in [-0.15, -0.1) is 0 Å². The first-order chi connectivity index (χ1) is 26.1. The van der Waals surface area contributed by atoms with Gasteiger partial charge in [0.05, 0.1) is 18.2 Å². The molecule has 55 heavy (non-hydrogen) atoms. The number of Topliss-reactive ketones (excluding diaryl/α,β-unsaturated/α-hetero) is 4. The lowest BCUT2D eigenvalue weighted by Gasteiger charge is -2.25. The van der Waals surface area contributed by atoms with Crippen molar-refractivity contribution in [1.29, 1.82) is 0 Å². The first kappa shape index (κ1) is 45.6. The van der Waals surface area contributed by atoms with Crippen molar-refractivity contribution in [1.82, 2.24) is 10.6 Å². The van der Waals surface area contributed by atoms with Crippen LogP contribution >= 0.6 is 11.6 Å². The predicted octanol–water partition coefficient (Wildman–Crippen LogP) is 4.60. The van der Waals surface area contributed by atoms with Crippen LogP contribution in [0.25, 0.3) is 11.1 Å². The Hall–Kier alpha value is -3.81.